The van der Waals surface area contributed by atoms with Gasteiger partial charge in [0.1, 0.15) is 0 Å². The third-order valence-corrected chi connectivity index (χ3v) is 5.68. The quantitative estimate of drug-likeness (QED) is 0.899. The zero-order chi connectivity index (χ0) is 12.4. The Morgan fingerprint density at radius 1 is 1.28 bits per heavy atom. The molecule has 0 radical (unpaired) electrons. The number of thiophene rings is 1. The first-order valence-electron chi connectivity index (χ1n) is 7.40. The van der Waals surface area contributed by atoms with Crippen LogP contribution in [-0.4, -0.2) is 30.1 Å². The lowest BCUT2D eigenvalue weighted by Gasteiger charge is -2.35. The molecule has 2 saturated heterocycles. The molecule has 100 valence electrons. The second kappa shape index (κ2) is 5.72. The van der Waals surface area contributed by atoms with Gasteiger partial charge < -0.3 is 10.2 Å². The maximum absolute atomic E-state index is 3.77. The predicted octanol–water partition coefficient (Wildman–Crippen LogP) is 3.03. The minimum atomic E-state index is 0.747. The maximum Gasteiger partial charge on any atom is 0.0302 e. The van der Waals surface area contributed by atoms with Gasteiger partial charge in [-0.05, 0) is 57.3 Å². The molecule has 3 heterocycles. The van der Waals surface area contributed by atoms with Crippen LogP contribution in [0.25, 0.3) is 0 Å². The molecule has 2 atom stereocenters. The van der Waals surface area contributed by atoms with Crippen molar-refractivity contribution in [2.45, 2.75) is 57.7 Å². The summed E-state index contributed by atoms with van der Waals surface area (Å²) in [5.74, 6) is 0. The fourth-order valence-corrected chi connectivity index (χ4v) is 4.27. The van der Waals surface area contributed by atoms with Crippen LogP contribution in [-0.2, 0) is 13.0 Å². The van der Waals surface area contributed by atoms with E-state index in [9.17, 15) is 0 Å². The number of nitrogens with zero attached hydrogens (tertiary/aromatic N) is 1. The fourth-order valence-electron chi connectivity index (χ4n) is 3.36. The molecule has 0 amide bonds. The second-order valence-electron chi connectivity index (χ2n) is 5.66. The van der Waals surface area contributed by atoms with Gasteiger partial charge in [0.25, 0.3) is 0 Å². The summed E-state index contributed by atoms with van der Waals surface area (Å²) in [7, 11) is 0. The van der Waals surface area contributed by atoms with Crippen molar-refractivity contribution >= 4 is 11.3 Å². The minimum Gasteiger partial charge on any atom is -0.309 e. The van der Waals surface area contributed by atoms with Crippen LogP contribution in [0.15, 0.2) is 12.1 Å². The Kier molecular flexibility index (Phi) is 4.02. The lowest BCUT2D eigenvalue weighted by atomic mass is 9.97. The smallest absolute Gasteiger partial charge is 0.0302 e. The van der Waals surface area contributed by atoms with Crippen LogP contribution in [0.3, 0.4) is 0 Å². The van der Waals surface area contributed by atoms with Gasteiger partial charge in [-0.15, -0.1) is 11.3 Å². The van der Waals surface area contributed by atoms with E-state index in [4.69, 9.17) is 0 Å². The highest BCUT2D eigenvalue weighted by atomic mass is 32.1. The normalized spacial score (nSPS) is 28.5. The molecule has 3 heteroatoms. The highest BCUT2D eigenvalue weighted by Crippen LogP contribution is 2.27. The van der Waals surface area contributed by atoms with Crippen molar-refractivity contribution in [1.82, 2.24) is 10.2 Å². The summed E-state index contributed by atoms with van der Waals surface area (Å²) in [6, 6.07) is 6.20. The van der Waals surface area contributed by atoms with Gasteiger partial charge in [-0.25, -0.2) is 0 Å². The van der Waals surface area contributed by atoms with E-state index in [-0.39, 0.29) is 0 Å². The van der Waals surface area contributed by atoms with E-state index in [1.807, 2.05) is 11.3 Å². The SMILES string of the molecule is CCc1ccc(CNC2CCN3CCCC3C2)s1. The van der Waals surface area contributed by atoms with Crippen LogP contribution in [0.4, 0.5) is 0 Å². The van der Waals surface area contributed by atoms with Crippen molar-refractivity contribution in [1.29, 1.82) is 0 Å². The van der Waals surface area contributed by atoms with Gasteiger partial charge in [-0.1, -0.05) is 6.92 Å². The number of rotatable bonds is 4. The molecule has 0 aromatic carbocycles. The molecule has 1 N–H and O–H groups in total. The molecular formula is C15H24N2S. The van der Waals surface area contributed by atoms with E-state index in [2.05, 4.69) is 29.3 Å². The first-order valence-corrected chi connectivity index (χ1v) is 8.22. The average molecular weight is 264 g/mol. The van der Waals surface area contributed by atoms with E-state index >= 15 is 0 Å². The number of fused-ring (bicyclic) bond motifs is 1. The standard InChI is InChI=1S/C15H24N2S/c1-2-14-5-6-15(18-14)11-16-12-7-9-17-8-3-4-13(17)10-12/h5-6,12-13,16H,2-4,7-11H2,1H3. The number of aryl methyl sites for hydroxylation is 1. The molecule has 1 aromatic rings. The van der Waals surface area contributed by atoms with Crippen molar-refractivity contribution in [3.05, 3.63) is 21.9 Å². The van der Waals surface area contributed by atoms with Gasteiger partial charge in [0.05, 0.1) is 0 Å². The fraction of sp³-hybridized carbons (Fsp3) is 0.733. The highest BCUT2D eigenvalue weighted by molar-refractivity contribution is 7.11. The monoisotopic (exact) mass is 264 g/mol. The summed E-state index contributed by atoms with van der Waals surface area (Å²) >= 11 is 1.97. The first kappa shape index (κ1) is 12.6. The van der Waals surface area contributed by atoms with E-state index in [0.717, 1.165) is 18.6 Å². The molecule has 1 aromatic heterocycles. The second-order valence-corrected chi connectivity index (χ2v) is 6.91. The molecule has 0 spiro atoms. The van der Waals surface area contributed by atoms with Crippen molar-refractivity contribution in [3.8, 4) is 0 Å². The topological polar surface area (TPSA) is 15.3 Å². The minimum absolute atomic E-state index is 0.747. The number of hydrogen-bond acceptors (Lipinski definition) is 3. The van der Waals surface area contributed by atoms with Gasteiger partial charge in [0, 0.05) is 28.4 Å². The van der Waals surface area contributed by atoms with Crippen molar-refractivity contribution in [2.24, 2.45) is 0 Å². The van der Waals surface area contributed by atoms with Crippen molar-refractivity contribution in [2.75, 3.05) is 13.1 Å². The van der Waals surface area contributed by atoms with E-state index in [1.165, 1.54) is 54.9 Å². The van der Waals surface area contributed by atoms with Gasteiger partial charge >= 0.3 is 0 Å². The Labute approximate surface area is 114 Å². The van der Waals surface area contributed by atoms with Crippen LogP contribution in [0, 0.1) is 0 Å². The maximum atomic E-state index is 3.77. The van der Waals surface area contributed by atoms with Crippen LogP contribution in [0.5, 0.6) is 0 Å². The number of nitrogens with one attached hydrogen (secondary N) is 1. The Morgan fingerprint density at radius 2 is 2.17 bits per heavy atom. The number of hydrogen-bond donors (Lipinski definition) is 1. The van der Waals surface area contributed by atoms with Gasteiger partial charge in [-0.3, -0.25) is 0 Å². The van der Waals surface area contributed by atoms with Gasteiger partial charge in [0.2, 0.25) is 0 Å². The van der Waals surface area contributed by atoms with Gasteiger partial charge in [-0.2, -0.15) is 0 Å². The molecule has 2 fully saturated rings. The van der Waals surface area contributed by atoms with Gasteiger partial charge in [0.15, 0.2) is 0 Å². The molecule has 0 aliphatic carbocycles. The summed E-state index contributed by atoms with van der Waals surface area (Å²) in [6.07, 6.45) is 6.72. The molecule has 2 nitrogen and oxygen atoms in total. The van der Waals surface area contributed by atoms with Crippen LogP contribution in [0.2, 0.25) is 0 Å². The molecule has 18 heavy (non-hydrogen) atoms. The third kappa shape index (κ3) is 2.79. The summed E-state index contributed by atoms with van der Waals surface area (Å²) in [6.45, 7) is 5.97. The summed E-state index contributed by atoms with van der Waals surface area (Å²) in [5.41, 5.74) is 0. The van der Waals surface area contributed by atoms with Crippen molar-refractivity contribution in [3.63, 3.8) is 0 Å². The molecule has 3 rings (SSSR count). The third-order valence-electron chi connectivity index (χ3n) is 4.45. The van der Waals surface area contributed by atoms with Crippen molar-refractivity contribution < 1.29 is 0 Å². The average Bonchev–Trinajstić information content (AvgIpc) is 3.04. The number of piperidine rings is 1. The van der Waals surface area contributed by atoms with Crippen LogP contribution >= 0.6 is 11.3 Å². The molecule has 0 saturated carbocycles. The summed E-state index contributed by atoms with van der Waals surface area (Å²) in [4.78, 5) is 5.71. The molecule has 2 aliphatic rings. The van der Waals surface area contributed by atoms with Crippen LogP contribution in [0.1, 0.15) is 42.4 Å². The Morgan fingerprint density at radius 3 is 3.00 bits per heavy atom. The zero-order valence-corrected chi connectivity index (χ0v) is 12.1. The summed E-state index contributed by atoms with van der Waals surface area (Å²) in [5, 5.41) is 3.77. The van der Waals surface area contributed by atoms with Crippen LogP contribution < -0.4 is 5.32 Å². The van der Waals surface area contributed by atoms with E-state index in [0.29, 0.717) is 0 Å². The molecule has 2 unspecified atom stereocenters. The molecule has 0 bridgehead atoms. The predicted molar refractivity (Wildman–Crippen MR) is 78.2 cm³/mol. The largest absolute Gasteiger partial charge is 0.309 e. The Bertz CT molecular complexity index is 388. The van der Waals surface area contributed by atoms with E-state index in [1.54, 1.807) is 0 Å². The highest BCUT2D eigenvalue weighted by Gasteiger charge is 2.31. The zero-order valence-electron chi connectivity index (χ0n) is 11.3. The molecule has 2 aliphatic heterocycles. The Balaban J connectivity index is 1.48. The first-order chi connectivity index (χ1) is 8.85. The molecular weight excluding hydrogens is 240 g/mol. The Hall–Kier alpha value is -0.380. The lowest BCUT2D eigenvalue weighted by molar-refractivity contribution is 0.166. The lowest BCUT2D eigenvalue weighted by Crippen LogP contribution is -2.45. The van der Waals surface area contributed by atoms with E-state index < -0.39 is 0 Å². The summed E-state index contributed by atoms with van der Waals surface area (Å²) < 4.78 is 0.